The third kappa shape index (κ3) is 3.41. The highest BCUT2D eigenvalue weighted by Gasteiger charge is 2.27. The smallest absolute Gasteiger partial charge is 0.322 e. The number of methoxy groups -OCH3 is 2. The summed E-state index contributed by atoms with van der Waals surface area (Å²) in [5.41, 5.74) is 0.351. The molecular weight excluding hydrogens is 366 g/mol. The number of nitrogens with zero attached hydrogens (tertiary/aromatic N) is 2. The molecule has 1 N–H and O–H groups in total. The molecule has 2 heterocycles. The number of hydrogen-bond acceptors (Lipinski definition) is 8. The number of hydrogen-bond donors (Lipinski definition) is 1. The summed E-state index contributed by atoms with van der Waals surface area (Å²) in [5.74, 6) is 1.98. The number of amides is 1. The Morgan fingerprint density at radius 1 is 1.07 bits per heavy atom. The maximum absolute atomic E-state index is 12.4. The maximum atomic E-state index is 12.4. The van der Waals surface area contributed by atoms with Crippen molar-refractivity contribution in [3.63, 3.8) is 0 Å². The van der Waals surface area contributed by atoms with E-state index in [4.69, 9.17) is 23.4 Å². The Balaban J connectivity index is 1.46. The first-order valence-corrected chi connectivity index (χ1v) is 8.43. The number of carbonyl (C=O) groups excluding carboxylic acids is 1. The summed E-state index contributed by atoms with van der Waals surface area (Å²) in [6.45, 7) is 0.224. The fourth-order valence-electron chi connectivity index (χ4n) is 2.70. The lowest BCUT2D eigenvalue weighted by Crippen LogP contribution is -2.21. The van der Waals surface area contributed by atoms with Crippen molar-refractivity contribution in [2.75, 3.05) is 26.1 Å². The van der Waals surface area contributed by atoms with Crippen LogP contribution in [0.5, 0.6) is 23.0 Å². The number of fused-ring (bicyclic) bond motifs is 1. The van der Waals surface area contributed by atoms with E-state index in [0.29, 0.717) is 28.6 Å². The Labute approximate surface area is 160 Å². The van der Waals surface area contributed by atoms with Crippen LogP contribution in [0.25, 0.3) is 0 Å². The van der Waals surface area contributed by atoms with E-state index in [-0.39, 0.29) is 18.5 Å². The number of para-hydroxylation sites is 2. The standard InChI is InChI=1S/C19H17N3O6/c1-24-12-8-7-11(9-15(12)25-2)17(23)20-19-22-21-18(28-19)16-10-26-13-5-3-4-6-14(13)27-16/h3-9,16H,10H2,1-2H3,(H,20,22,23)/t16-/m0/s1. The molecule has 1 aliphatic heterocycles. The molecule has 0 radical (unpaired) electrons. The highest BCUT2D eigenvalue weighted by molar-refractivity contribution is 6.03. The van der Waals surface area contributed by atoms with Gasteiger partial charge in [-0.1, -0.05) is 17.2 Å². The largest absolute Gasteiger partial charge is 0.493 e. The number of nitrogens with one attached hydrogen (secondary N) is 1. The van der Waals surface area contributed by atoms with E-state index in [1.165, 1.54) is 14.2 Å². The second-order valence-corrected chi connectivity index (χ2v) is 5.83. The van der Waals surface area contributed by atoms with Crippen molar-refractivity contribution >= 4 is 11.9 Å². The minimum atomic E-state index is -0.561. The third-order valence-electron chi connectivity index (χ3n) is 4.09. The van der Waals surface area contributed by atoms with Gasteiger partial charge in [0.25, 0.3) is 11.8 Å². The molecule has 1 aromatic heterocycles. The molecule has 0 spiro atoms. The SMILES string of the molecule is COc1ccc(C(=O)Nc2nnc([C@@H]3COc4ccccc4O3)o2)cc1OC. The number of aromatic nitrogens is 2. The predicted molar refractivity (Wildman–Crippen MR) is 97.1 cm³/mol. The van der Waals surface area contributed by atoms with Crippen molar-refractivity contribution in [1.82, 2.24) is 10.2 Å². The lowest BCUT2D eigenvalue weighted by Gasteiger charge is -2.23. The zero-order chi connectivity index (χ0) is 19.5. The fraction of sp³-hybridized carbons (Fsp3) is 0.211. The Kier molecular flexibility index (Phi) is 4.71. The van der Waals surface area contributed by atoms with Crippen molar-refractivity contribution < 1.29 is 28.2 Å². The highest BCUT2D eigenvalue weighted by atomic mass is 16.6. The van der Waals surface area contributed by atoms with Gasteiger partial charge in [0.1, 0.15) is 6.61 Å². The van der Waals surface area contributed by atoms with Gasteiger partial charge in [-0.05, 0) is 30.3 Å². The molecule has 1 atom stereocenters. The van der Waals surface area contributed by atoms with Crippen LogP contribution < -0.4 is 24.3 Å². The molecule has 4 rings (SSSR count). The summed E-state index contributed by atoms with van der Waals surface area (Å²) >= 11 is 0. The van der Waals surface area contributed by atoms with Crippen LogP contribution in [0.2, 0.25) is 0 Å². The van der Waals surface area contributed by atoms with E-state index in [9.17, 15) is 4.79 Å². The Hall–Kier alpha value is -3.75. The van der Waals surface area contributed by atoms with Gasteiger partial charge >= 0.3 is 6.01 Å². The average molecular weight is 383 g/mol. The molecule has 2 aromatic carbocycles. The zero-order valence-corrected chi connectivity index (χ0v) is 15.2. The van der Waals surface area contributed by atoms with Crippen LogP contribution in [-0.2, 0) is 0 Å². The monoisotopic (exact) mass is 383 g/mol. The summed E-state index contributed by atoms with van der Waals surface area (Å²) in [6, 6.07) is 12.1. The molecule has 144 valence electrons. The number of ether oxygens (including phenoxy) is 4. The van der Waals surface area contributed by atoms with Crippen LogP contribution in [0.1, 0.15) is 22.4 Å². The topological polar surface area (TPSA) is 105 Å². The first-order valence-electron chi connectivity index (χ1n) is 8.43. The lowest BCUT2D eigenvalue weighted by molar-refractivity contribution is 0.0716. The van der Waals surface area contributed by atoms with Crippen LogP contribution in [0.3, 0.4) is 0 Å². The number of anilines is 1. The Bertz CT molecular complexity index is 1000. The third-order valence-corrected chi connectivity index (χ3v) is 4.09. The summed E-state index contributed by atoms with van der Waals surface area (Å²) in [7, 11) is 3.02. The van der Waals surface area contributed by atoms with Crippen molar-refractivity contribution in [2.24, 2.45) is 0 Å². The van der Waals surface area contributed by atoms with Gasteiger partial charge in [0.15, 0.2) is 23.0 Å². The quantitative estimate of drug-likeness (QED) is 0.717. The molecule has 1 amide bonds. The van der Waals surface area contributed by atoms with Crippen molar-refractivity contribution in [2.45, 2.75) is 6.10 Å². The molecule has 9 nitrogen and oxygen atoms in total. The van der Waals surface area contributed by atoms with E-state index < -0.39 is 12.0 Å². The van der Waals surface area contributed by atoms with Crippen molar-refractivity contribution in [3.8, 4) is 23.0 Å². The molecule has 3 aromatic rings. The highest BCUT2D eigenvalue weighted by Crippen LogP contribution is 2.35. The molecule has 0 aliphatic carbocycles. The molecular formula is C19H17N3O6. The first kappa shape index (κ1) is 17.7. The van der Waals surface area contributed by atoms with Crippen LogP contribution >= 0.6 is 0 Å². The molecule has 9 heteroatoms. The van der Waals surface area contributed by atoms with E-state index in [1.807, 2.05) is 18.2 Å². The van der Waals surface area contributed by atoms with E-state index >= 15 is 0 Å². The van der Waals surface area contributed by atoms with Crippen molar-refractivity contribution in [3.05, 3.63) is 53.9 Å². The summed E-state index contributed by atoms with van der Waals surface area (Å²) < 4.78 is 27.3. The second kappa shape index (κ2) is 7.47. The molecule has 28 heavy (non-hydrogen) atoms. The van der Waals surface area contributed by atoms with Crippen LogP contribution in [-0.4, -0.2) is 36.9 Å². The van der Waals surface area contributed by atoms with Gasteiger partial charge in [-0.3, -0.25) is 10.1 Å². The average Bonchev–Trinajstić information content (AvgIpc) is 3.21. The number of carbonyl (C=O) groups is 1. The molecule has 0 saturated heterocycles. The fourth-order valence-corrected chi connectivity index (χ4v) is 2.70. The Morgan fingerprint density at radius 3 is 2.64 bits per heavy atom. The summed E-state index contributed by atoms with van der Waals surface area (Å²) in [6.07, 6.45) is -0.561. The number of benzene rings is 2. The van der Waals surface area contributed by atoms with Gasteiger partial charge in [0.05, 0.1) is 14.2 Å². The minimum absolute atomic E-state index is 0.0442. The molecule has 1 aliphatic rings. The van der Waals surface area contributed by atoms with Gasteiger partial charge in [0.2, 0.25) is 6.10 Å². The zero-order valence-electron chi connectivity index (χ0n) is 15.2. The molecule has 0 bridgehead atoms. The lowest BCUT2D eigenvalue weighted by atomic mass is 10.2. The Morgan fingerprint density at radius 2 is 1.86 bits per heavy atom. The predicted octanol–water partition coefficient (Wildman–Crippen LogP) is 2.85. The van der Waals surface area contributed by atoms with Crippen molar-refractivity contribution in [1.29, 1.82) is 0 Å². The molecule has 0 fully saturated rings. The van der Waals surface area contributed by atoms with Gasteiger partial charge < -0.3 is 23.4 Å². The van der Waals surface area contributed by atoms with Gasteiger partial charge in [0, 0.05) is 5.56 Å². The van der Waals surface area contributed by atoms with Gasteiger partial charge in [-0.2, -0.15) is 0 Å². The van der Waals surface area contributed by atoms with E-state index in [0.717, 1.165) is 0 Å². The first-order chi connectivity index (χ1) is 13.7. The number of rotatable bonds is 5. The molecule has 0 saturated carbocycles. The maximum Gasteiger partial charge on any atom is 0.322 e. The summed E-state index contributed by atoms with van der Waals surface area (Å²) in [5, 5.41) is 10.3. The van der Waals surface area contributed by atoms with Gasteiger partial charge in [-0.25, -0.2) is 0 Å². The van der Waals surface area contributed by atoms with E-state index in [1.54, 1.807) is 24.3 Å². The van der Waals surface area contributed by atoms with Crippen LogP contribution in [0.4, 0.5) is 6.01 Å². The van der Waals surface area contributed by atoms with E-state index in [2.05, 4.69) is 15.5 Å². The minimum Gasteiger partial charge on any atom is -0.493 e. The second-order valence-electron chi connectivity index (χ2n) is 5.83. The molecule has 0 unspecified atom stereocenters. The normalized spacial score (nSPS) is 15.0. The van der Waals surface area contributed by atoms with Crippen LogP contribution in [0.15, 0.2) is 46.9 Å². The summed E-state index contributed by atoms with van der Waals surface area (Å²) in [4.78, 5) is 12.4. The van der Waals surface area contributed by atoms with Gasteiger partial charge in [-0.15, -0.1) is 5.10 Å². The van der Waals surface area contributed by atoms with Crippen LogP contribution in [0, 0.1) is 0 Å².